The average Bonchev–Trinajstić information content (AvgIpc) is 2.22. The van der Waals surface area contributed by atoms with E-state index in [0.717, 1.165) is 4.47 Å². The molecule has 0 radical (unpaired) electrons. The van der Waals surface area contributed by atoms with Gasteiger partial charge in [0.25, 0.3) is 0 Å². The number of anilines is 1. The minimum Gasteiger partial charge on any atom is -0.330 e. The third-order valence-corrected chi connectivity index (χ3v) is 2.81. The Balaban J connectivity index is 2.80. The first-order valence-electron chi connectivity index (χ1n) is 4.50. The van der Waals surface area contributed by atoms with Crippen molar-refractivity contribution >= 4 is 39.1 Å². The third-order valence-electron chi connectivity index (χ3n) is 1.99. The van der Waals surface area contributed by atoms with Gasteiger partial charge in [-0.05, 0) is 18.2 Å². The smallest absolute Gasteiger partial charge is 0.228 e. The number of carbonyl (C=O) groups is 1. The molecular weight excluding hydrogens is 279 g/mol. The molecule has 1 amide bonds. The number of nitrogens with one attached hydrogen (secondary N) is 1. The lowest BCUT2D eigenvalue weighted by molar-refractivity contribution is -0.119. The Morgan fingerprint density at radius 3 is 2.93 bits per heavy atom. The summed E-state index contributed by atoms with van der Waals surface area (Å²) in [5, 5.41) is 3.23. The molecule has 0 heterocycles. The Labute approximate surface area is 102 Å². The van der Waals surface area contributed by atoms with E-state index in [1.165, 1.54) is 0 Å². The maximum Gasteiger partial charge on any atom is 0.228 e. The van der Waals surface area contributed by atoms with Crippen LogP contribution >= 0.6 is 27.5 Å². The summed E-state index contributed by atoms with van der Waals surface area (Å²) in [5.74, 6) is -0.349. The van der Waals surface area contributed by atoms with Crippen LogP contribution in [0.15, 0.2) is 22.7 Å². The lowest BCUT2D eigenvalue weighted by Crippen LogP contribution is -2.26. The Hall–Kier alpha value is -0.580. The fourth-order valence-electron chi connectivity index (χ4n) is 0.956. The standard InChI is InChI=1S/C10H12BrClN2O/c1-6(5-13)10(15)14-9-4-7(11)2-3-8(9)12/h2-4,6H,5,13H2,1H3,(H,14,15). The van der Waals surface area contributed by atoms with Crippen LogP contribution in [0.2, 0.25) is 5.02 Å². The van der Waals surface area contributed by atoms with Crippen LogP contribution < -0.4 is 11.1 Å². The molecule has 0 saturated heterocycles. The van der Waals surface area contributed by atoms with E-state index in [4.69, 9.17) is 17.3 Å². The summed E-state index contributed by atoms with van der Waals surface area (Å²) < 4.78 is 0.864. The molecule has 0 spiro atoms. The zero-order valence-corrected chi connectivity index (χ0v) is 10.6. The van der Waals surface area contributed by atoms with Gasteiger partial charge in [-0.3, -0.25) is 4.79 Å². The molecule has 15 heavy (non-hydrogen) atoms. The van der Waals surface area contributed by atoms with Gasteiger partial charge >= 0.3 is 0 Å². The molecule has 0 fully saturated rings. The quantitative estimate of drug-likeness (QED) is 0.899. The van der Waals surface area contributed by atoms with Gasteiger partial charge in [-0.25, -0.2) is 0 Å². The van der Waals surface area contributed by atoms with Crippen LogP contribution in [-0.4, -0.2) is 12.5 Å². The second kappa shape index (κ2) is 5.49. The second-order valence-corrected chi connectivity index (χ2v) is 4.57. The molecular formula is C10H12BrClN2O. The van der Waals surface area contributed by atoms with E-state index in [9.17, 15) is 4.79 Å². The van der Waals surface area contributed by atoms with Crippen molar-refractivity contribution in [3.63, 3.8) is 0 Å². The molecule has 0 aliphatic rings. The largest absolute Gasteiger partial charge is 0.330 e. The summed E-state index contributed by atoms with van der Waals surface area (Å²) in [6.07, 6.45) is 0. The highest BCUT2D eigenvalue weighted by Gasteiger charge is 2.12. The molecule has 82 valence electrons. The number of rotatable bonds is 3. The lowest BCUT2D eigenvalue weighted by atomic mass is 10.1. The van der Waals surface area contributed by atoms with Gasteiger partial charge in [-0.15, -0.1) is 0 Å². The lowest BCUT2D eigenvalue weighted by Gasteiger charge is -2.11. The summed E-state index contributed by atoms with van der Waals surface area (Å²) in [5.41, 5.74) is 5.99. The minimum absolute atomic E-state index is 0.127. The SMILES string of the molecule is CC(CN)C(=O)Nc1cc(Br)ccc1Cl. The van der Waals surface area contributed by atoms with E-state index < -0.39 is 0 Å². The van der Waals surface area contributed by atoms with Gasteiger partial charge in [0.05, 0.1) is 10.7 Å². The number of carbonyl (C=O) groups excluding carboxylic acids is 1. The van der Waals surface area contributed by atoms with Crippen LogP contribution in [0.25, 0.3) is 0 Å². The van der Waals surface area contributed by atoms with Crippen molar-refractivity contribution in [2.24, 2.45) is 11.7 Å². The number of halogens is 2. The van der Waals surface area contributed by atoms with Crippen molar-refractivity contribution in [1.29, 1.82) is 0 Å². The normalized spacial score (nSPS) is 12.3. The summed E-state index contributed by atoms with van der Waals surface area (Å²) in [7, 11) is 0. The Morgan fingerprint density at radius 1 is 1.67 bits per heavy atom. The highest BCUT2D eigenvalue weighted by Crippen LogP contribution is 2.25. The maximum atomic E-state index is 11.5. The van der Waals surface area contributed by atoms with Crippen molar-refractivity contribution in [2.45, 2.75) is 6.92 Å². The predicted octanol–water partition coefficient (Wildman–Crippen LogP) is 2.64. The molecule has 3 N–H and O–H groups in total. The molecule has 1 aromatic rings. The number of amides is 1. The van der Waals surface area contributed by atoms with Crippen LogP contribution in [-0.2, 0) is 4.79 Å². The van der Waals surface area contributed by atoms with Crippen LogP contribution in [0.5, 0.6) is 0 Å². The fourth-order valence-corrected chi connectivity index (χ4v) is 1.48. The molecule has 1 rings (SSSR count). The summed E-state index contributed by atoms with van der Waals surface area (Å²) in [4.78, 5) is 11.5. The Morgan fingerprint density at radius 2 is 2.33 bits per heavy atom. The molecule has 3 nitrogen and oxygen atoms in total. The first kappa shape index (κ1) is 12.5. The van der Waals surface area contributed by atoms with E-state index in [2.05, 4.69) is 21.2 Å². The first-order chi connectivity index (χ1) is 7.04. The summed E-state index contributed by atoms with van der Waals surface area (Å²) in [6, 6.07) is 5.28. The molecule has 0 aromatic heterocycles. The zero-order chi connectivity index (χ0) is 11.4. The summed E-state index contributed by atoms with van der Waals surface area (Å²) in [6.45, 7) is 2.08. The van der Waals surface area contributed by atoms with Crippen LogP contribution in [0.1, 0.15) is 6.92 Å². The molecule has 1 atom stereocenters. The molecule has 0 saturated carbocycles. The van der Waals surface area contributed by atoms with Gasteiger partial charge in [0.2, 0.25) is 5.91 Å². The molecule has 1 aromatic carbocycles. The van der Waals surface area contributed by atoms with Gasteiger partial charge in [0, 0.05) is 16.9 Å². The van der Waals surface area contributed by atoms with E-state index >= 15 is 0 Å². The monoisotopic (exact) mass is 290 g/mol. The van der Waals surface area contributed by atoms with Crippen molar-refractivity contribution in [3.8, 4) is 0 Å². The predicted molar refractivity (Wildman–Crippen MR) is 66.0 cm³/mol. The van der Waals surface area contributed by atoms with Crippen molar-refractivity contribution < 1.29 is 4.79 Å². The summed E-state index contributed by atoms with van der Waals surface area (Å²) >= 11 is 9.23. The van der Waals surface area contributed by atoms with E-state index in [0.29, 0.717) is 17.3 Å². The van der Waals surface area contributed by atoms with E-state index in [-0.39, 0.29) is 11.8 Å². The van der Waals surface area contributed by atoms with E-state index in [1.54, 1.807) is 19.1 Å². The third kappa shape index (κ3) is 3.48. The Kier molecular flexibility index (Phi) is 4.57. The molecule has 0 bridgehead atoms. The molecule has 0 aliphatic heterocycles. The van der Waals surface area contributed by atoms with Gasteiger partial charge in [-0.2, -0.15) is 0 Å². The van der Waals surface area contributed by atoms with Gasteiger partial charge in [-0.1, -0.05) is 34.5 Å². The number of nitrogens with two attached hydrogens (primary N) is 1. The van der Waals surface area contributed by atoms with Gasteiger partial charge in [0.15, 0.2) is 0 Å². The number of hydrogen-bond donors (Lipinski definition) is 2. The van der Waals surface area contributed by atoms with E-state index in [1.807, 2.05) is 6.07 Å². The highest BCUT2D eigenvalue weighted by molar-refractivity contribution is 9.10. The number of benzene rings is 1. The maximum absolute atomic E-state index is 11.5. The molecule has 0 aliphatic carbocycles. The Bertz CT molecular complexity index is 370. The van der Waals surface area contributed by atoms with Crippen LogP contribution in [0.4, 0.5) is 5.69 Å². The topological polar surface area (TPSA) is 55.1 Å². The first-order valence-corrected chi connectivity index (χ1v) is 5.67. The molecule has 5 heteroatoms. The zero-order valence-electron chi connectivity index (χ0n) is 8.26. The van der Waals surface area contributed by atoms with Crippen molar-refractivity contribution in [3.05, 3.63) is 27.7 Å². The minimum atomic E-state index is -0.222. The number of hydrogen-bond acceptors (Lipinski definition) is 2. The van der Waals surface area contributed by atoms with Crippen molar-refractivity contribution in [2.75, 3.05) is 11.9 Å². The fraction of sp³-hybridized carbons (Fsp3) is 0.300. The van der Waals surface area contributed by atoms with Crippen LogP contribution in [0, 0.1) is 5.92 Å². The molecule has 1 unspecified atom stereocenters. The van der Waals surface area contributed by atoms with Gasteiger partial charge < -0.3 is 11.1 Å². The average molecular weight is 292 g/mol. The van der Waals surface area contributed by atoms with Gasteiger partial charge in [0.1, 0.15) is 0 Å². The van der Waals surface area contributed by atoms with Crippen LogP contribution in [0.3, 0.4) is 0 Å². The highest BCUT2D eigenvalue weighted by atomic mass is 79.9. The van der Waals surface area contributed by atoms with Crippen molar-refractivity contribution in [1.82, 2.24) is 0 Å². The second-order valence-electron chi connectivity index (χ2n) is 3.25.